The molecule has 0 amide bonds. The summed E-state index contributed by atoms with van der Waals surface area (Å²) < 4.78 is 48.1. The number of rotatable bonds is 5. The molecule has 3 heterocycles. The molecule has 2 unspecified atom stereocenters. The second-order valence-electron chi connectivity index (χ2n) is 7.54. The van der Waals surface area contributed by atoms with E-state index in [1.165, 1.54) is 42.6 Å². The van der Waals surface area contributed by atoms with Gasteiger partial charge >= 0.3 is 0 Å². The molecule has 4 rings (SSSR count). The summed E-state index contributed by atoms with van der Waals surface area (Å²) in [7, 11) is -3.97. The van der Waals surface area contributed by atoms with Crippen LogP contribution in [-0.4, -0.2) is 37.6 Å². The Bertz CT molecular complexity index is 1260. The molecule has 7 nitrogen and oxygen atoms in total. The van der Waals surface area contributed by atoms with E-state index in [0.717, 1.165) is 12.1 Å². The Morgan fingerprint density at radius 2 is 2.03 bits per heavy atom. The van der Waals surface area contributed by atoms with Crippen molar-refractivity contribution in [2.75, 3.05) is 17.9 Å². The van der Waals surface area contributed by atoms with Crippen molar-refractivity contribution >= 4 is 27.4 Å². The van der Waals surface area contributed by atoms with Crippen LogP contribution in [-0.2, 0) is 14.8 Å². The lowest BCUT2D eigenvalue weighted by Crippen LogP contribution is -2.41. The van der Waals surface area contributed by atoms with E-state index >= 15 is 0 Å². The van der Waals surface area contributed by atoms with E-state index in [1.54, 1.807) is 13.0 Å². The summed E-state index contributed by atoms with van der Waals surface area (Å²) in [4.78, 5) is 8.66. The van der Waals surface area contributed by atoms with Gasteiger partial charge in [0.15, 0.2) is 0 Å². The summed E-state index contributed by atoms with van der Waals surface area (Å²) in [6.45, 7) is 5.00. The molecule has 0 aliphatic carbocycles. The molecule has 0 spiro atoms. The summed E-state index contributed by atoms with van der Waals surface area (Å²) in [5.41, 5.74) is 2.05. The van der Waals surface area contributed by atoms with Gasteiger partial charge in [-0.15, -0.1) is 0 Å². The topological polar surface area (TPSA) is 93.2 Å². The predicted octanol–water partition coefficient (Wildman–Crippen LogP) is 4.09. The van der Waals surface area contributed by atoms with Crippen molar-refractivity contribution in [3.8, 4) is 11.3 Å². The van der Waals surface area contributed by atoms with Crippen LogP contribution < -0.4 is 10.0 Å². The van der Waals surface area contributed by atoms with Gasteiger partial charge in [0.1, 0.15) is 17.7 Å². The number of hydrogen-bond donors (Lipinski definition) is 2. The number of pyridine rings is 2. The van der Waals surface area contributed by atoms with E-state index in [9.17, 15) is 12.8 Å². The molecule has 2 aromatic heterocycles. The van der Waals surface area contributed by atoms with Crippen LogP contribution in [0.5, 0.6) is 0 Å². The van der Waals surface area contributed by atoms with Gasteiger partial charge < -0.3 is 10.1 Å². The van der Waals surface area contributed by atoms with E-state index in [-0.39, 0.29) is 33.6 Å². The first-order valence-corrected chi connectivity index (χ1v) is 11.9. The molecular weight excluding hydrogens is 455 g/mol. The van der Waals surface area contributed by atoms with E-state index in [0.29, 0.717) is 17.9 Å². The van der Waals surface area contributed by atoms with Gasteiger partial charge in [0.25, 0.3) is 10.0 Å². The zero-order valence-corrected chi connectivity index (χ0v) is 19.0. The number of ether oxygens (including phenoxy) is 1. The van der Waals surface area contributed by atoms with Crippen molar-refractivity contribution in [3.63, 3.8) is 0 Å². The molecule has 1 aliphatic rings. The van der Waals surface area contributed by atoms with E-state index in [4.69, 9.17) is 16.3 Å². The average Bonchev–Trinajstić information content (AvgIpc) is 2.77. The highest BCUT2D eigenvalue weighted by Gasteiger charge is 2.26. The van der Waals surface area contributed by atoms with E-state index in [1.807, 2.05) is 6.92 Å². The summed E-state index contributed by atoms with van der Waals surface area (Å²) in [5, 5.41) is 3.57. The van der Waals surface area contributed by atoms with Crippen molar-refractivity contribution in [1.82, 2.24) is 15.3 Å². The predicted molar refractivity (Wildman–Crippen MR) is 121 cm³/mol. The van der Waals surface area contributed by atoms with Crippen molar-refractivity contribution in [1.29, 1.82) is 0 Å². The molecule has 168 valence electrons. The number of anilines is 1. The minimum atomic E-state index is -3.97. The fraction of sp³-hybridized carbons (Fsp3) is 0.273. The fourth-order valence-electron chi connectivity index (χ4n) is 3.55. The standard InChI is InChI=1S/C22H22ClFN4O3S/c1-13-3-4-15(24)11-17(13)21-18(23)5-6-20(27-21)28-32(29,30)16-7-8-26-19(12-16)22-14(2)25-9-10-31-22/h3-8,11-12,14,22,25H,9-10H2,1-2H3,(H,27,28). The minimum Gasteiger partial charge on any atom is -0.369 e. The number of hydrogen-bond acceptors (Lipinski definition) is 6. The molecule has 1 aliphatic heterocycles. The molecule has 0 bridgehead atoms. The zero-order chi connectivity index (χ0) is 22.9. The number of halogens is 2. The molecule has 10 heteroatoms. The second kappa shape index (κ2) is 9.11. The Morgan fingerprint density at radius 3 is 2.81 bits per heavy atom. The highest BCUT2D eigenvalue weighted by Crippen LogP contribution is 2.31. The maximum absolute atomic E-state index is 13.8. The van der Waals surface area contributed by atoms with Crippen LogP contribution in [0.4, 0.5) is 10.2 Å². The summed E-state index contributed by atoms with van der Waals surface area (Å²) >= 11 is 6.27. The largest absolute Gasteiger partial charge is 0.369 e. The van der Waals surface area contributed by atoms with Crippen molar-refractivity contribution in [2.45, 2.75) is 30.9 Å². The van der Waals surface area contributed by atoms with Crippen LogP contribution in [0.3, 0.4) is 0 Å². The van der Waals surface area contributed by atoms with Crippen LogP contribution >= 0.6 is 11.6 Å². The molecule has 2 N–H and O–H groups in total. The highest BCUT2D eigenvalue weighted by molar-refractivity contribution is 7.92. The van der Waals surface area contributed by atoms with Gasteiger partial charge in [-0.2, -0.15) is 0 Å². The third-order valence-electron chi connectivity index (χ3n) is 5.21. The highest BCUT2D eigenvalue weighted by atomic mass is 35.5. The van der Waals surface area contributed by atoms with Crippen LogP contribution in [0.15, 0.2) is 53.6 Å². The zero-order valence-electron chi connectivity index (χ0n) is 17.5. The van der Waals surface area contributed by atoms with Gasteiger partial charge in [-0.25, -0.2) is 17.8 Å². The number of sulfonamides is 1. The molecular formula is C22H22ClFN4O3S. The van der Waals surface area contributed by atoms with Gasteiger partial charge in [-0.3, -0.25) is 9.71 Å². The third kappa shape index (κ3) is 4.75. The molecule has 32 heavy (non-hydrogen) atoms. The van der Waals surface area contributed by atoms with Gasteiger partial charge in [-0.05, 0) is 55.8 Å². The van der Waals surface area contributed by atoms with Crippen LogP contribution in [0.1, 0.15) is 24.3 Å². The molecule has 0 saturated carbocycles. The number of morpholine rings is 1. The summed E-state index contributed by atoms with van der Waals surface area (Å²) in [5.74, 6) is -0.372. The SMILES string of the molecule is Cc1ccc(F)cc1-c1nc(NS(=O)(=O)c2ccnc(C3OCCNC3C)c2)ccc1Cl. The summed E-state index contributed by atoms with van der Waals surface area (Å²) in [6, 6.07) is 10.1. The number of aryl methyl sites for hydroxylation is 1. The lowest BCUT2D eigenvalue weighted by Gasteiger charge is -2.29. The number of nitrogens with one attached hydrogen (secondary N) is 2. The van der Waals surface area contributed by atoms with Crippen molar-refractivity contribution in [2.24, 2.45) is 0 Å². The maximum Gasteiger partial charge on any atom is 0.263 e. The normalized spacial score (nSPS) is 19.0. The lowest BCUT2D eigenvalue weighted by molar-refractivity contribution is -0.00295. The lowest BCUT2D eigenvalue weighted by atomic mass is 10.0. The first kappa shape index (κ1) is 22.6. The molecule has 3 aromatic rings. The summed E-state index contributed by atoms with van der Waals surface area (Å²) in [6.07, 6.45) is 1.08. The number of benzene rings is 1. The van der Waals surface area contributed by atoms with Gasteiger partial charge in [0.05, 0.1) is 27.9 Å². The average molecular weight is 477 g/mol. The smallest absolute Gasteiger partial charge is 0.263 e. The Hall–Kier alpha value is -2.59. The Labute approximate surface area is 191 Å². The molecule has 0 radical (unpaired) electrons. The van der Waals surface area contributed by atoms with Crippen molar-refractivity contribution in [3.05, 3.63) is 70.8 Å². The fourth-order valence-corrected chi connectivity index (χ4v) is 4.78. The maximum atomic E-state index is 13.8. The van der Waals surface area contributed by atoms with Crippen molar-refractivity contribution < 1.29 is 17.5 Å². The Balaban J connectivity index is 1.64. The first-order chi connectivity index (χ1) is 15.2. The Morgan fingerprint density at radius 1 is 1.22 bits per heavy atom. The van der Waals surface area contributed by atoms with E-state index in [2.05, 4.69) is 20.0 Å². The van der Waals surface area contributed by atoms with Gasteiger partial charge in [0.2, 0.25) is 0 Å². The third-order valence-corrected chi connectivity index (χ3v) is 6.87. The molecule has 1 fully saturated rings. The number of nitrogens with zero attached hydrogens (tertiary/aromatic N) is 2. The van der Waals surface area contributed by atoms with Gasteiger partial charge in [0, 0.05) is 24.3 Å². The van der Waals surface area contributed by atoms with E-state index < -0.39 is 15.8 Å². The second-order valence-corrected chi connectivity index (χ2v) is 9.63. The minimum absolute atomic E-state index is 0.00263. The quantitative estimate of drug-likeness (QED) is 0.576. The first-order valence-electron chi connectivity index (χ1n) is 10.0. The van der Waals surface area contributed by atoms with Crippen LogP contribution in [0.25, 0.3) is 11.3 Å². The molecule has 2 atom stereocenters. The van der Waals surface area contributed by atoms with Crippen LogP contribution in [0, 0.1) is 12.7 Å². The molecule has 1 saturated heterocycles. The van der Waals surface area contributed by atoms with Gasteiger partial charge in [-0.1, -0.05) is 17.7 Å². The Kier molecular flexibility index (Phi) is 6.43. The number of aromatic nitrogens is 2. The van der Waals surface area contributed by atoms with Crippen LogP contribution in [0.2, 0.25) is 5.02 Å². The monoisotopic (exact) mass is 476 g/mol. The molecule has 1 aromatic carbocycles.